The zero-order valence-electron chi connectivity index (χ0n) is 17.3. The maximum atomic E-state index is 12.5. The number of aliphatic hydroxyl groups is 2. The summed E-state index contributed by atoms with van der Waals surface area (Å²) in [7, 11) is -8.50. The molecule has 2 aliphatic heterocycles. The minimum Gasteiger partial charge on any atom is -0.391 e. The third-order valence-electron chi connectivity index (χ3n) is 6.53. The van der Waals surface area contributed by atoms with Crippen molar-refractivity contribution in [2.24, 2.45) is 0 Å². The van der Waals surface area contributed by atoms with E-state index in [0.29, 0.717) is 58.9 Å². The molecule has 2 rings (SSSR count). The van der Waals surface area contributed by atoms with Gasteiger partial charge in [0.2, 0.25) is 0 Å². The molecule has 0 aliphatic carbocycles. The van der Waals surface area contributed by atoms with Crippen LogP contribution in [0.4, 0.5) is 0 Å². The van der Waals surface area contributed by atoms with E-state index in [1.54, 1.807) is 0 Å². The standard InChI is InChI=1S/C16H34N4O8S2/c21-12-10-19(8-3-18(4-9-19)5-14-29(23,24)25)15-16(30(26,27)28)20(11-13-22)6-1-17-2-7-20/h16-17,21-22H,1-15H2/p+2. The SMILES string of the molecule is O=S(=O)(O)CCN1CC[N+](CCO)(CC([N+]2(CCO)CCNCC2)S(=O)(=O)O)CC1. The molecule has 0 amide bonds. The Balaban J connectivity index is 2.21. The number of hydrogen-bond acceptors (Lipinski definition) is 8. The van der Waals surface area contributed by atoms with Crippen molar-refractivity contribution in [1.29, 1.82) is 0 Å². The first-order valence-electron chi connectivity index (χ1n) is 10.2. The predicted molar refractivity (Wildman–Crippen MR) is 110 cm³/mol. The number of hydrogen-bond donors (Lipinski definition) is 5. The zero-order chi connectivity index (χ0) is 22.5. The summed E-state index contributed by atoms with van der Waals surface area (Å²) in [6.07, 6.45) is 0. The zero-order valence-corrected chi connectivity index (χ0v) is 18.9. The van der Waals surface area contributed by atoms with Gasteiger partial charge >= 0.3 is 10.1 Å². The maximum Gasteiger partial charge on any atom is 0.325 e. The fraction of sp³-hybridized carbons (Fsp3) is 1.00. The summed E-state index contributed by atoms with van der Waals surface area (Å²) in [5.41, 5.74) is 0. The topological polar surface area (TPSA) is 164 Å². The summed E-state index contributed by atoms with van der Waals surface area (Å²) >= 11 is 0. The van der Waals surface area contributed by atoms with Gasteiger partial charge in [-0.2, -0.15) is 16.8 Å². The molecule has 14 heteroatoms. The molecule has 178 valence electrons. The average molecular weight is 477 g/mol. The average Bonchev–Trinajstić information content (AvgIpc) is 2.65. The van der Waals surface area contributed by atoms with E-state index < -0.39 is 25.6 Å². The first-order chi connectivity index (χ1) is 14.0. The van der Waals surface area contributed by atoms with Crippen LogP contribution in [0.15, 0.2) is 0 Å². The molecular weight excluding hydrogens is 440 g/mol. The fourth-order valence-electron chi connectivity index (χ4n) is 4.68. The molecular formula is C16H36N4O8S2+2. The van der Waals surface area contributed by atoms with Crippen LogP contribution in [0.2, 0.25) is 0 Å². The van der Waals surface area contributed by atoms with Crippen LogP contribution in [-0.4, -0.2) is 153 Å². The lowest BCUT2D eigenvalue weighted by Crippen LogP contribution is -2.72. The number of nitrogens with one attached hydrogen (secondary N) is 1. The molecule has 30 heavy (non-hydrogen) atoms. The molecule has 12 nitrogen and oxygen atoms in total. The Kier molecular flexibility index (Phi) is 9.01. The molecule has 2 saturated heterocycles. The van der Waals surface area contributed by atoms with E-state index in [0.717, 1.165) is 0 Å². The molecule has 0 spiro atoms. The summed E-state index contributed by atoms with van der Waals surface area (Å²) < 4.78 is 66.4. The van der Waals surface area contributed by atoms with Crippen molar-refractivity contribution in [3.63, 3.8) is 0 Å². The van der Waals surface area contributed by atoms with Gasteiger partial charge in [0.15, 0.2) is 0 Å². The van der Waals surface area contributed by atoms with Gasteiger partial charge in [-0.15, -0.1) is 0 Å². The van der Waals surface area contributed by atoms with Crippen LogP contribution in [0.5, 0.6) is 0 Å². The number of rotatable bonds is 11. The highest BCUT2D eigenvalue weighted by Gasteiger charge is 2.51. The van der Waals surface area contributed by atoms with Crippen LogP contribution in [0.1, 0.15) is 0 Å². The van der Waals surface area contributed by atoms with Crippen molar-refractivity contribution in [2.75, 3.05) is 97.5 Å². The Bertz CT molecular complexity index is 742. The molecule has 2 heterocycles. The Hall–Kier alpha value is -0.420. The van der Waals surface area contributed by atoms with Crippen LogP contribution in [0.25, 0.3) is 0 Å². The van der Waals surface area contributed by atoms with Gasteiger partial charge in [0.1, 0.15) is 19.6 Å². The van der Waals surface area contributed by atoms with Gasteiger partial charge in [0.05, 0.1) is 45.1 Å². The van der Waals surface area contributed by atoms with E-state index in [2.05, 4.69) is 5.32 Å². The van der Waals surface area contributed by atoms with Crippen LogP contribution >= 0.6 is 0 Å². The summed E-state index contributed by atoms with van der Waals surface area (Å²) in [6.45, 7) is 4.47. The van der Waals surface area contributed by atoms with Crippen LogP contribution < -0.4 is 5.32 Å². The van der Waals surface area contributed by atoms with Crippen molar-refractivity contribution in [1.82, 2.24) is 10.2 Å². The second kappa shape index (κ2) is 10.5. The third-order valence-corrected chi connectivity index (χ3v) is 8.51. The van der Waals surface area contributed by atoms with Gasteiger partial charge in [-0.1, -0.05) is 0 Å². The van der Waals surface area contributed by atoms with E-state index in [-0.39, 0.29) is 47.6 Å². The second-order valence-electron chi connectivity index (χ2n) is 8.38. The number of piperazine rings is 2. The Morgan fingerprint density at radius 2 is 1.47 bits per heavy atom. The summed E-state index contributed by atoms with van der Waals surface area (Å²) in [5.74, 6) is -0.371. The number of quaternary nitrogens is 2. The molecule has 1 atom stereocenters. The highest BCUT2D eigenvalue weighted by Crippen LogP contribution is 2.25. The molecule has 5 N–H and O–H groups in total. The first-order valence-corrected chi connectivity index (χ1v) is 13.3. The lowest BCUT2D eigenvalue weighted by atomic mass is 10.2. The van der Waals surface area contributed by atoms with Gasteiger partial charge in [-0.25, -0.2) is 0 Å². The Labute approximate surface area is 178 Å². The minimum absolute atomic E-state index is 0.0697. The van der Waals surface area contributed by atoms with Crippen molar-refractivity contribution >= 4 is 20.2 Å². The lowest BCUT2D eigenvalue weighted by molar-refractivity contribution is -0.991. The molecule has 0 radical (unpaired) electrons. The molecule has 0 aromatic rings. The fourth-order valence-corrected chi connectivity index (χ4v) is 6.56. The Morgan fingerprint density at radius 3 is 1.93 bits per heavy atom. The molecule has 0 aromatic heterocycles. The molecule has 1 unspecified atom stereocenters. The van der Waals surface area contributed by atoms with Crippen LogP contribution in [0, 0.1) is 0 Å². The highest BCUT2D eigenvalue weighted by molar-refractivity contribution is 7.86. The van der Waals surface area contributed by atoms with Gasteiger partial charge in [-0.3, -0.25) is 18.5 Å². The van der Waals surface area contributed by atoms with E-state index in [1.165, 1.54) is 0 Å². The predicted octanol–water partition coefficient (Wildman–Crippen LogP) is -3.37. The van der Waals surface area contributed by atoms with Crippen molar-refractivity contribution < 1.29 is 45.1 Å². The second-order valence-corrected chi connectivity index (χ2v) is 11.5. The molecule has 0 aromatic carbocycles. The van der Waals surface area contributed by atoms with E-state index in [1.807, 2.05) is 4.90 Å². The van der Waals surface area contributed by atoms with Crippen molar-refractivity contribution in [2.45, 2.75) is 5.37 Å². The highest BCUT2D eigenvalue weighted by atomic mass is 32.2. The molecule has 2 aliphatic rings. The third kappa shape index (κ3) is 7.05. The van der Waals surface area contributed by atoms with E-state index in [4.69, 9.17) is 4.55 Å². The van der Waals surface area contributed by atoms with E-state index in [9.17, 15) is 31.6 Å². The Morgan fingerprint density at radius 1 is 0.900 bits per heavy atom. The largest absolute Gasteiger partial charge is 0.391 e. The van der Waals surface area contributed by atoms with Gasteiger partial charge in [-0.05, 0) is 0 Å². The molecule has 0 bridgehead atoms. The quantitative estimate of drug-likeness (QED) is 0.150. The monoisotopic (exact) mass is 476 g/mol. The van der Waals surface area contributed by atoms with Gasteiger partial charge < -0.3 is 20.0 Å². The van der Waals surface area contributed by atoms with Gasteiger partial charge in [0.25, 0.3) is 15.5 Å². The normalized spacial score (nSPS) is 23.9. The lowest BCUT2D eigenvalue weighted by Gasteiger charge is -2.50. The van der Waals surface area contributed by atoms with Crippen molar-refractivity contribution in [3.8, 4) is 0 Å². The summed E-state index contributed by atoms with van der Waals surface area (Å²) in [6, 6.07) is 0. The minimum atomic E-state index is -4.43. The van der Waals surface area contributed by atoms with Crippen molar-refractivity contribution in [3.05, 3.63) is 0 Å². The van der Waals surface area contributed by atoms with Gasteiger partial charge in [0, 0.05) is 32.7 Å². The smallest absolute Gasteiger partial charge is 0.325 e. The molecule has 0 saturated carbocycles. The molecule has 2 fully saturated rings. The number of nitrogens with zero attached hydrogens (tertiary/aromatic N) is 3. The summed E-state index contributed by atoms with van der Waals surface area (Å²) in [4.78, 5) is 1.88. The van der Waals surface area contributed by atoms with E-state index >= 15 is 0 Å². The number of aliphatic hydroxyl groups excluding tert-OH is 2. The van der Waals surface area contributed by atoms with Crippen LogP contribution in [0.3, 0.4) is 0 Å². The summed E-state index contributed by atoms with van der Waals surface area (Å²) in [5, 5.41) is 21.3. The van der Waals surface area contributed by atoms with Crippen LogP contribution in [-0.2, 0) is 20.2 Å². The first kappa shape index (κ1) is 25.8. The maximum absolute atomic E-state index is 12.5.